The standard InChI is InChI=1S/C28H49ClN4.CH4.3H2O/c1-21(2)27(31-17-22-5-11-25(12-6-22)33-16-14-30-20-33)18-32-15-13-26(28(3,4)19-32)23-7-9-24(29)10-8-23;;;;/h9,11,21-23,26-27,30-31H,5-8,10,12-20H2,1-4H3;1H4;3*1H2/t22?,23?,26-,27+;;;;/m1..../s1. The van der Waals surface area contributed by atoms with Crippen molar-refractivity contribution in [2.45, 2.75) is 86.1 Å². The van der Waals surface area contributed by atoms with Crippen LogP contribution in [0.5, 0.6) is 0 Å². The molecule has 7 nitrogen and oxygen atoms in total. The van der Waals surface area contributed by atoms with E-state index in [1.807, 2.05) is 0 Å². The van der Waals surface area contributed by atoms with E-state index in [1.54, 1.807) is 5.70 Å². The SMILES string of the molecule is C.CC(C)[C@H](CN1CC[C@H](C2CC=C(Cl)CC2)C(C)(C)C1)NCC1CC=C(N2CCNC2)CC1.O.O.O. The molecule has 2 aliphatic carbocycles. The van der Waals surface area contributed by atoms with Gasteiger partial charge in [0.2, 0.25) is 0 Å². The van der Waals surface area contributed by atoms with Crippen LogP contribution in [0.15, 0.2) is 22.9 Å². The minimum absolute atomic E-state index is 0. The molecule has 0 spiro atoms. The third-order valence-corrected chi connectivity index (χ3v) is 9.39. The molecule has 0 bridgehead atoms. The number of nitrogens with zero attached hydrogens (tertiary/aromatic N) is 2. The summed E-state index contributed by atoms with van der Waals surface area (Å²) >= 11 is 6.26. The van der Waals surface area contributed by atoms with E-state index in [1.165, 1.54) is 71.2 Å². The summed E-state index contributed by atoms with van der Waals surface area (Å²) in [5.41, 5.74) is 1.97. The maximum Gasteiger partial charge on any atom is 0.0680 e. The molecule has 4 rings (SSSR count). The normalized spacial score (nSPS) is 28.6. The first-order valence-electron chi connectivity index (χ1n) is 13.8. The van der Waals surface area contributed by atoms with Gasteiger partial charge in [-0.05, 0) is 87.1 Å². The van der Waals surface area contributed by atoms with Crippen LogP contribution < -0.4 is 10.6 Å². The highest BCUT2D eigenvalue weighted by atomic mass is 35.5. The van der Waals surface area contributed by atoms with E-state index < -0.39 is 0 Å². The number of likely N-dealkylation sites (tertiary alicyclic amines) is 1. The number of piperidine rings is 1. The van der Waals surface area contributed by atoms with Crippen molar-refractivity contribution < 1.29 is 16.4 Å². The molecular weight excluding hydrogens is 488 g/mol. The number of allylic oxidation sites excluding steroid dienone is 4. The number of rotatable bonds is 8. The van der Waals surface area contributed by atoms with E-state index in [0.29, 0.717) is 17.4 Å². The highest BCUT2D eigenvalue weighted by Gasteiger charge is 2.40. The van der Waals surface area contributed by atoms with Gasteiger partial charge in [-0.25, -0.2) is 0 Å². The van der Waals surface area contributed by atoms with Gasteiger partial charge in [-0.3, -0.25) is 5.32 Å². The fourth-order valence-electron chi connectivity index (χ4n) is 6.91. The Kier molecular flexibility index (Phi) is 16.1. The van der Waals surface area contributed by atoms with E-state index >= 15 is 0 Å². The van der Waals surface area contributed by atoms with Crippen LogP contribution in [0.4, 0.5) is 0 Å². The maximum absolute atomic E-state index is 6.26. The molecule has 0 aromatic heterocycles. The topological polar surface area (TPSA) is 125 Å². The summed E-state index contributed by atoms with van der Waals surface area (Å²) in [5.74, 6) is 3.11. The van der Waals surface area contributed by atoms with Crippen LogP contribution in [0.2, 0.25) is 0 Å². The Morgan fingerprint density at radius 1 is 1.05 bits per heavy atom. The lowest BCUT2D eigenvalue weighted by molar-refractivity contribution is 0.0116. The first-order chi connectivity index (χ1) is 15.8. The zero-order chi connectivity index (χ0) is 23.4. The van der Waals surface area contributed by atoms with Crippen molar-refractivity contribution in [3.63, 3.8) is 0 Å². The van der Waals surface area contributed by atoms with Gasteiger partial charge in [-0.1, -0.05) is 58.9 Å². The molecule has 0 aromatic carbocycles. The Labute approximate surface area is 232 Å². The largest absolute Gasteiger partial charge is 0.412 e. The van der Waals surface area contributed by atoms with E-state index in [0.717, 1.165) is 42.4 Å². The number of hydrogen-bond acceptors (Lipinski definition) is 4. The van der Waals surface area contributed by atoms with E-state index in [9.17, 15) is 0 Å². The highest BCUT2D eigenvalue weighted by Crippen LogP contribution is 2.45. The van der Waals surface area contributed by atoms with E-state index in [4.69, 9.17) is 11.6 Å². The molecule has 4 atom stereocenters. The van der Waals surface area contributed by atoms with Gasteiger partial charge in [0.05, 0.1) is 6.67 Å². The fourth-order valence-corrected chi connectivity index (χ4v) is 7.11. The molecule has 0 radical (unpaired) electrons. The molecule has 37 heavy (non-hydrogen) atoms. The number of hydrogen-bond donors (Lipinski definition) is 2. The Bertz CT molecular complexity index is 709. The van der Waals surface area contributed by atoms with Gasteiger partial charge < -0.3 is 31.5 Å². The second-order valence-corrected chi connectivity index (χ2v) is 12.8. The van der Waals surface area contributed by atoms with Gasteiger partial charge >= 0.3 is 0 Å². The van der Waals surface area contributed by atoms with Gasteiger partial charge in [-0.2, -0.15) is 0 Å². The molecule has 2 unspecified atom stereocenters. The monoisotopic (exact) mass is 546 g/mol. The van der Waals surface area contributed by atoms with Crippen molar-refractivity contribution in [3.05, 3.63) is 22.9 Å². The molecule has 0 amide bonds. The summed E-state index contributed by atoms with van der Waals surface area (Å²) in [5, 5.41) is 8.56. The van der Waals surface area contributed by atoms with Crippen LogP contribution in [0.3, 0.4) is 0 Å². The van der Waals surface area contributed by atoms with Crippen LogP contribution >= 0.6 is 11.6 Å². The maximum atomic E-state index is 6.26. The first-order valence-corrected chi connectivity index (χ1v) is 14.1. The van der Waals surface area contributed by atoms with Crippen LogP contribution in [-0.4, -0.2) is 78.2 Å². The third-order valence-electron chi connectivity index (χ3n) is 9.05. The average molecular weight is 547 g/mol. The van der Waals surface area contributed by atoms with Crippen molar-refractivity contribution in [3.8, 4) is 0 Å². The molecular formula is C29H59ClN4O3. The van der Waals surface area contributed by atoms with Crippen LogP contribution in [-0.2, 0) is 0 Å². The molecule has 4 aliphatic rings. The Morgan fingerprint density at radius 3 is 2.35 bits per heavy atom. The highest BCUT2D eigenvalue weighted by molar-refractivity contribution is 6.29. The lowest BCUT2D eigenvalue weighted by Crippen LogP contribution is -2.53. The molecule has 2 fully saturated rings. The zero-order valence-electron chi connectivity index (χ0n) is 23.2. The predicted molar refractivity (Wildman–Crippen MR) is 159 cm³/mol. The van der Waals surface area contributed by atoms with Crippen molar-refractivity contribution in [1.82, 2.24) is 20.4 Å². The molecule has 220 valence electrons. The summed E-state index contributed by atoms with van der Waals surface area (Å²) in [6, 6.07) is 0.585. The number of halogens is 1. The van der Waals surface area contributed by atoms with E-state index in [2.05, 4.69) is 60.3 Å². The van der Waals surface area contributed by atoms with Gasteiger partial charge in [-0.15, -0.1) is 0 Å². The van der Waals surface area contributed by atoms with Gasteiger partial charge in [0.1, 0.15) is 0 Å². The molecule has 0 saturated carbocycles. The molecule has 8 N–H and O–H groups in total. The van der Waals surface area contributed by atoms with Gasteiger partial charge in [0.25, 0.3) is 0 Å². The van der Waals surface area contributed by atoms with Crippen LogP contribution in [0.25, 0.3) is 0 Å². The Balaban J connectivity index is 0.00000324. The Hall–Kier alpha value is -0.670. The van der Waals surface area contributed by atoms with Crippen molar-refractivity contribution >= 4 is 11.6 Å². The first kappa shape index (κ1) is 36.3. The van der Waals surface area contributed by atoms with Crippen molar-refractivity contribution in [2.24, 2.45) is 29.1 Å². The minimum Gasteiger partial charge on any atom is -0.412 e. The molecule has 2 heterocycles. The van der Waals surface area contributed by atoms with Crippen molar-refractivity contribution in [1.29, 1.82) is 0 Å². The zero-order valence-corrected chi connectivity index (χ0v) is 24.0. The van der Waals surface area contributed by atoms with Gasteiger partial charge in [0.15, 0.2) is 0 Å². The second-order valence-electron chi connectivity index (χ2n) is 12.3. The summed E-state index contributed by atoms with van der Waals surface area (Å²) in [6.45, 7) is 18.0. The van der Waals surface area contributed by atoms with Gasteiger partial charge in [0, 0.05) is 43.0 Å². The summed E-state index contributed by atoms with van der Waals surface area (Å²) < 4.78 is 0. The molecule has 2 saturated heterocycles. The van der Waals surface area contributed by atoms with Crippen LogP contribution in [0, 0.1) is 29.1 Å². The van der Waals surface area contributed by atoms with Crippen LogP contribution in [0.1, 0.15) is 80.1 Å². The summed E-state index contributed by atoms with van der Waals surface area (Å²) in [7, 11) is 0. The van der Waals surface area contributed by atoms with E-state index in [-0.39, 0.29) is 23.9 Å². The molecule has 0 aromatic rings. The lowest BCUT2D eigenvalue weighted by Gasteiger charge is -2.49. The lowest BCUT2D eigenvalue weighted by atomic mass is 9.65. The summed E-state index contributed by atoms with van der Waals surface area (Å²) in [6.07, 6.45) is 13.5. The second kappa shape index (κ2) is 16.4. The summed E-state index contributed by atoms with van der Waals surface area (Å²) in [4.78, 5) is 5.29. The smallest absolute Gasteiger partial charge is 0.0680 e. The fraction of sp³-hybridized carbons (Fsp3) is 0.862. The average Bonchev–Trinajstić information content (AvgIpc) is 3.32. The molecule has 8 heteroatoms. The van der Waals surface area contributed by atoms with Crippen molar-refractivity contribution in [2.75, 3.05) is 45.9 Å². The minimum atomic E-state index is 0. The Morgan fingerprint density at radius 2 is 1.81 bits per heavy atom. The quantitative estimate of drug-likeness (QED) is 0.482. The predicted octanol–water partition coefficient (Wildman–Crippen LogP) is 3.58. The molecule has 2 aliphatic heterocycles. The number of nitrogens with one attached hydrogen (secondary N) is 2. The third kappa shape index (κ3) is 9.79.